The van der Waals surface area contributed by atoms with Gasteiger partial charge in [-0.15, -0.1) is 5.10 Å². The second kappa shape index (κ2) is 6.58. The van der Waals surface area contributed by atoms with Crippen molar-refractivity contribution >= 4 is 5.95 Å². The molecule has 2 N–H and O–H groups in total. The normalized spacial score (nSPS) is 18.7. The van der Waals surface area contributed by atoms with Crippen LogP contribution < -0.4 is 15.0 Å². The number of benzene rings is 1. The summed E-state index contributed by atoms with van der Waals surface area (Å²) >= 11 is 0. The molecule has 1 saturated heterocycles. The molecule has 6 heteroatoms. The molecule has 112 valence electrons. The number of rotatable bonds is 5. The minimum Gasteiger partial charge on any atom is -0.493 e. The van der Waals surface area contributed by atoms with E-state index < -0.39 is 0 Å². The molecule has 1 aromatic carbocycles. The summed E-state index contributed by atoms with van der Waals surface area (Å²) in [5, 5.41) is 10.7. The molecule has 0 bridgehead atoms. The van der Waals surface area contributed by atoms with Gasteiger partial charge in [-0.05, 0) is 19.1 Å². The van der Waals surface area contributed by atoms with Gasteiger partial charge in [0.1, 0.15) is 11.6 Å². The number of aromatic nitrogens is 3. The van der Waals surface area contributed by atoms with Gasteiger partial charge in [0, 0.05) is 32.1 Å². The summed E-state index contributed by atoms with van der Waals surface area (Å²) in [6.45, 7) is 5.63. The van der Waals surface area contributed by atoms with Crippen LogP contribution in [-0.4, -0.2) is 47.5 Å². The van der Waals surface area contributed by atoms with E-state index in [9.17, 15) is 0 Å². The molecule has 0 spiro atoms. The smallest absolute Gasteiger partial charge is 0.244 e. The summed E-state index contributed by atoms with van der Waals surface area (Å²) in [6.07, 6.45) is 0.726. The summed E-state index contributed by atoms with van der Waals surface area (Å²) < 4.78 is 5.67. The Morgan fingerprint density at radius 1 is 1.33 bits per heavy atom. The van der Waals surface area contributed by atoms with Crippen molar-refractivity contribution in [2.75, 3.05) is 31.1 Å². The third-order valence-electron chi connectivity index (χ3n) is 3.52. The standard InChI is InChI=1S/C15H21N5O/c1-12-11-20(9-8-16-12)15-17-14(18-19-15)7-10-21-13-5-3-2-4-6-13/h2-6,12,16H,7-11H2,1H3,(H,17,18,19). The van der Waals surface area contributed by atoms with Crippen molar-refractivity contribution in [3.05, 3.63) is 36.2 Å². The van der Waals surface area contributed by atoms with E-state index >= 15 is 0 Å². The van der Waals surface area contributed by atoms with Crippen LogP contribution in [0.2, 0.25) is 0 Å². The number of hydrogen-bond acceptors (Lipinski definition) is 5. The molecule has 1 aliphatic heterocycles. The fraction of sp³-hybridized carbons (Fsp3) is 0.467. The average molecular weight is 287 g/mol. The lowest BCUT2D eigenvalue weighted by Crippen LogP contribution is -2.49. The molecule has 0 radical (unpaired) electrons. The van der Waals surface area contributed by atoms with Crippen LogP contribution in [0.25, 0.3) is 0 Å². The zero-order chi connectivity index (χ0) is 14.5. The Hall–Kier alpha value is -2.08. The summed E-state index contributed by atoms with van der Waals surface area (Å²) in [5.41, 5.74) is 0. The SMILES string of the molecule is CC1CN(c2n[nH]c(CCOc3ccccc3)n2)CCN1. The molecule has 1 aliphatic rings. The van der Waals surface area contributed by atoms with Crippen molar-refractivity contribution in [1.29, 1.82) is 0 Å². The van der Waals surface area contributed by atoms with Gasteiger partial charge in [0.15, 0.2) is 0 Å². The monoisotopic (exact) mass is 287 g/mol. The number of piperazine rings is 1. The molecular weight excluding hydrogens is 266 g/mol. The van der Waals surface area contributed by atoms with Gasteiger partial charge >= 0.3 is 0 Å². The minimum absolute atomic E-state index is 0.474. The second-order valence-electron chi connectivity index (χ2n) is 5.29. The topological polar surface area (TPSA) is 66.1 Å². The maximum absolute atomic E-state index is 5.67. The van der Waals surface area contributed by atoms with Gasteiger partial charge in [0.05, 0.1) is 6.61 Å². The van der Waals surface area contributed by atoms with Crippen molar-refractivity contribution in [3.63, 3.8) is 0 Å². The van der Waals surface area contributed by atoms with Crippen molar-refractivity contribution in [2.45, 2.75) is 19.4 Å². The number of para-hydroxylation sites is 1. The summed E-state index contributed by atoms with van der Waals surface area (Å²) in [5.74, 6) is 2.54. The van der Waals surface area contributed by atoms with Crippen molar-refractivity contribution in [1.82, 2.24) is 20.5 Å². The van der Waals surface area contributed by atoms with Gasteiger partial charge in [-0.3, -0.25) is 5.10 Å². The van der Waals surface area contributed by atoms with Crippen LogP contribution in [0.3, 0.4) is 0 Å². The van der Waals surface area contributed by atoms with E-state index in [2.05, 4.69) is 32.3 Å². The molecule has 1 aromatic heterocycles. The minimum atomic E-state index is 0.474. The molecule has 0 amide bonds. The van der Waals surface area contributed by atoms with Crippen LogP contribution in [0.4, 0.5) is 5.95 Å². The number of H-pyrrole nitrogens is 1. The maximum Gasteiger partial charge on any atom is 0.244 e. The number of nitrogens with one attached hydrogen (secondary N) is 2. The molecule has 2 aromatic rings. The van der Waals surface area contributed by atoms with E-state index in [1.165, 1.54) is 0 Å². The van der Waals surface area contributed by atoms with Crippen LogP contribution >= 0.6 is 0 Å². The lowest BCUT2D eigenvalue weighted by Gasteiger charge is -2.30. The predicted octanol–water partition coefficient (Wildman–Crippen LogP) is 1.22. The summed E-state index contributed by atoms with van der Waals surface area (Å²) in [4.78, 5) is 6.76. The molecule has 3 rings (SSSR count). The predicted molar refractivity (Wildman–Crippen MR) is 81.7 cm³/mol. The average Bonchev–Trinajstić information content (AvgIpc) is 2.97. The van der Waals surface area contributed by atoms with E-state index in [1.807, 2.05) is 30.3 Å². The first-order valence-corrected chi connectivity index (χ1v) is 7.39. The Labute approximate surface area is 124 Å². The van der Waals surface area contributed by atoms with E-state index in [0.717, 1.165) is 43.6 Å². The third kappa shape index (κ3) is 3.72. The Morgan fingerprint density at radius 3 is 3.00 bits per heavy atom. The summed E-state index contributed by atoms with van der Waals surface area (Å²) in [6, 6.07) is 10.3. The molecular formula is C15H21N5O. The maximum atomic E-state index is 5.67. The first kappa shape index (κ1) is 13.9. The number of anilines is 1. The van der Waals surface area contributed by atoms with Gasteiger partial charge in [-0.2, -0.15) is 4.98 Å². The highest BCUT2D eigenvalue weighted by atomic mass is 16.5. The first-order valence-electron chi connectivity index (χ1n) is 7.39. The van der Waals surface area contributed by atoms with Gasteiger partial charge in [-0.25, -0.2) is 0 Å². The van der Waals surface area contributed by atoms with Gasteiger partial charge < -0.3 is 15.0 Å². The van der Waals surface area contributed by atoms with Gasteiger partial charge in [-0.1, -0.05) is 18.2 Å². The lowest BCUT2D eigenvalue weighted by molar-refractivity contribution is 0.319. The lowest BCUT2D eigenvalue weighted by atomic mass is 10.2. The summed E-state index contributed by atoms with van der Waals surface area (Å²) in [7, 11) is 0. The molecule has 0 aliphatic carbocycles. The van der Waals surface area contributed by atoms with Crippen LogP contribution in [0, 0.1) is 0 Å². The van der Waals surface area contributed by atoms with Crippen LogP contribution in [0.5, 0.6) is 5.75 Å². The van der Waals surface area contributed by atoms with E-state index in [4.69, 9.17) is 4.74 Å². The molecule has 21 heavy (non-hydrogen) atoms. The zero-order valence-corrected chi connectivity index (χ0v) is 12.2. The van der Waals surface area contributed by atoms with E-state index in [-0.39, 0.29) is 0 Å². The van der Waals surface area contributed by atoms with Crippen LogP contribution in [-0.2, 0) is 6.42 Å². The Morgan fingerprint density at radius 2 is 2.19 bits per heavy atom. The molecule has 2 heterocycles. The highest BCUT2D eigenvalue weighted by Gasteiger charge is 2.19. The number of nitrogens with zero attached hydrogens (tertiary/aromatic N) is 3. The zero-order valence-electron chi connectivity index (χ0n) is 12.2. The highest BCUT2D eigenvalue weighted by Crippen LogP contribution is 2.11. The van der Waals surface area contributed by atoms with Crippen molar-refractivity contribution < 1.29 is 4.74 Å². The molecule has 1 atom stereocenters. The largest absolute Gasteiger partial charge is 0.493 e. The number of aromatic amines is 1. The Kier molecular flexibility index (Phi) is 4.35. The number of hydrogen-bond donors (Lipinski definition) is 2. The van der Waals surface area contributed by atoms with Crippen LogP contribution in [0.1, 0.15) is 12.7 Å². The van der Waals surface area contributed by atoms with Crippen LogP contribution in [0.15, 0.2) is 30.3 Å². The molecule has 6 nitrogen and oxygen atoms in total. The fourth-order valence-corrected chi connectivity index (χ4v) is 2.43. The molecule has 1 unspecified atom stereocenters. The Balaban J connectivity index is 1.51. The Bertz CT molecular complexity index is 556. The first-order chi connectivity index (χ1) is 10.3. The van der Waals surface area contributed by atoms with E-state index in [0.29, 0.717) is 12.6 Å². The molecule has 0 saturated carbocycles. The van der Waals surface area contributed by atoms with Gasteiger partial charge in [0.25, 0.3) is 0 Å². The quantitative estimate of drug-likeness (QED) is 0.865. The van der Waals surface area contributed by atoms with Crippen molar-refractivity contribution in [2.24, 2.45) is 0 Å². The van der Waals surface area contributed by atoms with Crippen molar-refractivity contribution in [3.8, 4) is 5.75 Å². The fourth-order valence-electron chi connectivity index (χ4n) is 2.43. The highest BCUT2D eigenvalue weighted by molar-refractivity contribution is 5.30. The molecule has 1 fully saturated rings. The third-order valence-corrected chi connectivity index (χ3v) is 3.52. The second-order valence-corrected chi connectivity index (χ2v) is 5.29. The van der Waals surface area contributed by atoms with E-state index in [1.54, 1.807) is 0 Å². The number of ether oxygens (including phenoxy) is 1. The van der Waals surface area contributed by atoms with Gasteiger partial charge in [0.2, 0.25) is 5.95 Å².